The third-order valence-corrected chi connectivity index (χ3v) is 3.28. The van der Waals surface area contributed by atoms with Crippen molar-refractivity contribution in [2.24, 2.45) is 5.73 Å². The van der Waals surface area contributed by atoms with E-state index < -0.39 is 0 Å². The first-order chi connectivity index (χ1) is 8.83. The maximum atomic E-state index is 6.04. The average molecular weight is 244 g/mol. The molecular formula is C13H16N4O. The summed E-state index contributed by atoms with van der Waals surface area (Å²) < 4.78 is 5.49. The number of hydrogen-bond donors (Lipinski definition) is 2. The fourth-order valence-corrected chi connectivity index (χ4v) is 2.25. The third-order valence-electron chi connectivity index (χ3n) is 3.28. The monoisotopic (exact) mass is 244 g/mol. The number of aromatic nitrogens is 3. The van der Waals surface area contributed by atoms with Gasteiger partial charge in [0.25, 0.3) is 0 Å². The van der Waals surface area contributed by atoms with Gasteiger partial charge in [-0.3, -0.25) is 5.10 Å². The largest absolute Gasteiger partial charge is 0.493 e. The van der Waals surface area contributed by atoms with Crippen molar-refractivity contribution in [2.75, 3.05) is 6.61 Å². The van der Waals surface area contributed by atoms with Gasteiger partial charge in [0.2, 0.25) is 0 Å². The van der Waals surface area contributed by atoms with Gasteiger partial charge in [-0.05, 0) is 30.0 Å². The molecule has 0 bridgehead atoms. The lowest BCUT2D eigenvalue weighted by Crippen LogP contribution is -2.13. The number of H-pyrrole nitrogens is 1. The van der Waals surface area contributed by atoms with Crippen LogP contribution in [0.3, 0.4) is 0 Å². The van der Waals surface area contributed by atoms with E-state index in [-0.39, 0.29) is 6.04 Å². The lowest BCUT2D eigenvalue weighted by molar-refractivity contribution is 0.357. The van der Waals surface area contributed by atoms with Crippen LogP contribution in [0.5, 0.6) is 5.75 Å². The highest BCUT2D eigenvalue weighted by Crippen LogP contribution is 2.26. The molecule has 2 heterocycles. The van der Waals surface area contributed by atoms with Crippen LogP contribution in [-0.4, -0.2) is 21.8 Å². The van der Waals surface area contributed by atoms with Crippen molar-refractivity contribution < 1.29 is 4.74 Å². The first kappa shape index (κ1) is 11.2. The Morgan fingerprint density at radius 2 is 2.39 bits per heavy atom. The van der Waals surface area contributed by atoms with Gasteiger partial charge in [-0.25, -0.2) is 4.98 Å². The summed E-state index contributed by atoms with van der Waals surface area (Å²) in [6, 6.07) is 6.29. The normalized spacial score (nSPS) is 15.2. The van der Waals surface area contributed by atoms with Crippen LogP contribution in [0.25, 0.3) is 0 Å². The van der Waals surface area contributed by atoms with E-state index in [0.29, 0.717) is 0 Å². The number of fused-ring (bicyclic) bond motifs is 1. The lowest BCUT2D eigenvalue weighted by Gasteiger charge is -2.09. The van der Waals surface area contributed by atoms with E-state index in [4.69, 9.17) is 10.5 Å². The zero-order valence-corrected chi connectivity index (χ0v) is 10.1. The molecule has 0 radical (unpaired) electrons. The van der Waals surface area contributed by atoms with E-state index in [1.54, 1.807) is 0 Å². The second-order valence-corrected chi connectivity index (χ2v) is 4.56. The highest BCUT2D eigenvalue weighted by atomic mass is 16.5. The number of rotatable bonds is 4. The number of aryl methyl sites for hydroxylation is 1. The molecule has 0 fully saturated rings. The van der Waals surface area contributed by atoms with Crippen molar-refractivity contribution in [2.45, 2.75) is 25.3 Å². The number of hydrogen-bond acceptors (Lipinski definition) is 4. The van der Waals surface area contributed by atoms with Crippen LogP contribution in [0.15, 0.2) is 24.5 Å². The van der Waals surface area contributed by atoms with Gasteiger partial charge < -0.3 is 10.5 Å². The Balaban J connectivity index is 1.63. The van der Waals surface area contributed by atoms with Crippen LogP contribution in [0.2, 0.25) is 0 Å². The Hall–Kier alpha value is -1.88. The molecule has 1 aliphatic rings. The summed E-state index contributed by atoms with van der Waals surface area (Å²) in [6.07, 6.45) is 4.29. The van der Waals surface area contributed by atoms with Crippen LogP contribution in [-0.2, 0) is 12.8 Å². The van der Waals surface area contributed by atoms with Crippen LogP contribution in [0, 0.1) is 0 Å². The highest BCUT2D eigenvalue weighted by molar-refractivity contribution is 5.39. The molecule has 5 heteroatoms. The maximum Gasteiger partial charge on any atom is 0.141 e. The average Bonchev–Trinajstić information content (AvgIpc) is 3.05. The van der Waals surface area contributed by atoms with E-state index in [2.05, 4.69) is 33.4 Å². The summed E-state index contributed by atoms with van der Waals surface area (Å²) in [7, 11) is 0. The van der Waals surface area contributed by atoms with Crippen molar-refractivity contribution in [3.8, 4) is 5.75 Å². The first-order valence-corrected chi connectivity index (χ1v) is 6.18. The van der Waals surface area contributed by atoms with Crippen LogP contribution in [0.1, 0.15) is 29.4 Å². The summed E-state index contributed by atoms with van der Waals surface area (Å²) in [5.41, 5.74) is 8.65. The van der Waals surface area contributed by atoms with Gasteiger partial charge in [-0.2, -0.15) is 5.10 Å². The minimum atomic E-state index is -0.0861. The molecule has 0 saturated heterocycles. The summed E-state index contributed by atoms with van der Waals surface area (Å²) in [4.78, 5) is 4.07. The van der Waals surface area contributed by atoms with Crippen LogP contribution < -0.4 is 10.5 Å². The van der Waals surface area contributed by atoms with Gasteiger partial charge in [-0.15, -0.1) is 0 Å². The molecule has 1 unspecified atom stereocenters. The number of nitrogens with one attached hydrogen (secondary N) is 1. The number of benzene rings is 1. The highest BCUT2D eigenvalue weighted by Gasteiger charge is 2.13. The topological polar surface area (TPSA) is 76.8 Å². The van der Waals surface area contributed by atoms with E-state index in [1.807, 2.05) is 0 Å². The molecule has 1 atom stereocenters. The molecular weight excluding hydrogens is 228 g/mol. The lowest BCUT2D eigenvalue weighted by atomic mass is 10.0. The number of nitrogens with zero attached hydrogens (tertiary/aromatic N) is 2. The molecule has 0 saturated carbocycles. The molecule has 1 aromatic carbocycles. The maximum absolute atomic E-state index is 6.04. The van der Waals surface area contributed by atoms with Crippen molar-refractivity contribution >= 4 is 0 Å². The van der Waals surface area contributed by atoms with E-state index in [0.717, 1.165) is 37.4 Å². The zero-order valence-electron chi connectivity index (χ0n) is 10.1. The standard InChI is InChI=1S/C13H16N4O/c14-11(13-15-8-16-17-13)3-1-9-2-4-12-10(7-9)5-6-18-12/h2,4,7-8,11H,1,3,5-6,14H2,(H,15,16,17). The van der Waals surface area contributed by atoms with Gasteiger partial charge in [-0.1, -0.05) is 12.1 Å². The molecule has 3 N–H and O–H groups in total. The molecule has 1 aliphatic heterocycles. The van der Waals surface area contributed by atoms with Gasteiger partial charge in [0.15, 0.2) is 0 Å². The van der Waals surface area contributed by atoms with E-state index >= 15 is 0 Å². The predicted octanol–water partition coefficient (Wildman–Crippen LogP) is 1.37. The summed E-state index contributed by atoms with van der Waals surface area (Å²) >= 11 is 0. The SMILES string of the molecule is NC(CCc1ccc2c(c1)CCO2)c1ncn[nH]1. The smallest absolute Gasteiger partial charge is 0.141 e. The van der Waals surface area contributed by atoms with Crippen molar-refractivity contribution in [1.29, 1.82) is 0 Å². The summed E-state index contributed by atoms with van der Waals surface area (Å²) in [5.74, 6) is 1.78. The fraction of sp³-hybridized carbons (Fsp3) is 0.385. The number of aromatic amines is 1. The molecule has 5 nitrogen and oxygen atoms in total. The molecule has 2 aromatic rings. The molecule has 1 aromatic heterocycles. The fourth-order valence-electron chi connectivity index (χ4n) is 2.25. The zero-order chi connectivity index (χ0) is 12.4. The van der Waals surface area contributed by atoms with E-state index in [9.17, 15) is 0 Å². The van der Waals surface area contributed by atoms with Crippen LogP contribution >= 0.6 is 0 Å². The Bertz CT molecular complexity index is 524. The minimum absolute atomic E-state index is 0.0861. The first-order valence-electron chi connectivity index (χ1n) is 6.18. The van der Waals surface area contributed by atoms with Crippen molar-refractivity contribution in [3.63, 3.8) is 0 Å². The van der Waals surface area contributed by atoms with E-state index in [1.165, 1.54) is 17.5 Å². The Kier molecular flexibility index (Phi) is 2.98. The van der Waals surface area contributed by atoms with Gasteiger partial charge >= 0.3 is 0 Å². The predicted molar refractivity (Wildman–Crippen MR) is 67.3 cm³/mol. The van der Waals surface area contributed by atoms with Crippen molar-refractivity contribution in [3.05, 3.63) is 41.5 Å². The second kappa shape index (κ2) is 4.78. The van der Waals surface area contributed by atoms with Gasteiger partial charge in [0, 0.05) is 6.42 Å². The molecule has 0 aliphatic carbocycles. The molecule has 18 heavy (non-hydrogen) atoms. The van der Waals surface area contributed by atoms with Crippen molar-refractivity contribution in [1.82, 2.24) is 15.2 Å². The molecule has 94 valence electrons. The van der Waals surface area contributed by atoms with Gasteiger partial charge in [0.05, 0.1) is 12.6 Å². The quantitative estimate of drug-likeness (QED) is 0.851. The molecule has 3 rings (SSSR count). The molecule has 0 spiro atoms. The Morgan fingerprint density at radius 3 is 3.22 bits per heavy atom. The van der Waals surface area contributed by atoms with Gasteiger partial charge in [0.1, 0.15) is 17.9 Å². The minimum Gasteiger partial charge on any atom is -0.493 e. The number of ether oxygens (including phenoxy) is 1. The Morgan fingerprint density at radius 1 is 1.44 bits per heavy atom. The summed E-state index contributed by atoms with van der Waals surface area (Å²) in [6.45, 7) is 0.802. The molecule has 0 amide bonds. The summed E-state index contributed by atoms with van der Waals surface area (Å²) in [5, 5.41) is 6.62. The Labute approximate surface area is 105 Å². The number of nitrogens with two attached hydrogens (primary N) is 1. The second-order valence-electron chi connectivity index (χ2n) is 4.56. The third kappa shape index (κ3) is 2.22. The van der Waals surface area contributed by atoms with Crippen LogP contribution in [0.4, 0.5) is 0 Å².